The molecule has 3 aromatic rings. The van der Waals surface area contributed by atoms with Gasteiger partial charge in [0.1, 0.15) is 10.8 Å². The molecule has 0 radical (unpaired) electrons. The molecule has 0 saturated heterocycles. The molecular weight excluding hydrogens is 244 g/mol. The van der Waals surface area contributed by atoms with Crippen molar-refractivity contribution < 1.29 is 0 Å². The van der Waals surface area contributed by atoms with E-state index in [9.17, 15) is 0 Å². The highest BCUT2D eigenvalue weighted by atomic mass is 32.1. The largest absolute Gasteiger partial charge is 0.389 e. The van der Waals surface area contributed by atoms with Gasteiger partial charge in [-0.25, -0.2) is 4.98 Å². The third-order valence-electron chi connectivity index (χ3n) is 3.15. The number of imidazole rings is 1. The molecule has 2 aromatic heterocycles. The first-order chi connectivity index (χ1) is 8.58. The Labute approximate surface area is 109 Å². The van der Waals surface area contributed by atoms with Crippen LogP contribution in [0.1, 0.15) is 11.3 Å². The molecule has 2 N–H and O–H groups in total. The highest BCUT2D eigenvalue weighted by molar-refractivity contribution is 7.10. The smallest absolute Gasteiger partial charge is 0.145 e. The van der Waals surface area contributed by atoms with Crippen LogP contribution in [0.15, 0.2) is 18.2 Å². The van der Waals surface area contributed by atoms with Crippen LogP contribution < -0.4 is 5.73 Å². The number of aromatic nitrogens is 3. The lowest BCUT2D eigenvalue weighted by molar-refractivity contribution is 0.957. The van der Waals surface area contributed by atoms with Gasteiger partial charge in [0.25, 0.3) is 0 Å². The molecular formula is C13H14N4S. The number of nitrogens with zero attached hydrogens (tertiary/aromatic N) is 3. The van der Waals surface area contributed by atoms with Crippen LogP contribution in [0, 0.1) is 13.8 Å². The molecule has 1 aromatic carbocycles. The van der Waals surface area contributed by atoms with Gasteiger partial charge in [-0.3, -0.25) is 0 Å². The Kier molecular flexibility index (Phi) is 2.38. The average molecular weight is 258 g/mol. The van der Waals surface area contributed by atoms with Crippen molar-refractivity contribution in [3.63, 3.8) is 0 Å². The van der Waals surface area contributed by atoms with Crippen molar-refractivity contribution in [2.75, 3.05) is 5.73 Å². The van der Waals surface area contributed by atoms with Crippen LogP contribution >= 0.6 is 11.5 Å². The summed E-state index contributed by atoms with van der Waals surface area (Å²) in [5.41, 5.74) is 11.2. The molecule has 92 valence electrons. The van der Waals surface area contributed by atoms with Gasteiger partial charge in [-0.2, -0.15) is 4.37 Å². The maximum Gasteiger partial charge on any atom is 0.145 e. The summed E-state index contributed by atoms with van der Waals surface area (Å²) in [6.45, 7) is 4.03. The fourth-order valence-electron chi connectivity index (χ4n) is 2.19. The molecule has 4 nitrogen and oxygen atoms in total. The number of fused-ring (bicyclic) bond motifs is 1. The van der Waals surface area contributed by atoms with Gasteiger partial charge in [0, 0.05) is 7.05 Å². The number of hydrogen-bond acceptors (Lipinski definition) is 4. The van der Waals surface area contributed by atoms with Crippen LogP contribution in [0.3, 0.4) is 0 Å². The van der Waals surface area contributed by atoms with Crippen molar-refractivity contribution in [3.05, 3.63) is 29.5 Å². The van der Waals surface area contributed by atoms with Crippen molar-refractivity contribution in [1.29, 1.82) is 0 Å². The van der Waals surface area contributed by atoms with E-state index in [-0.39, 0.29) is 0 Å². The Morgan fingerprint density at radius 1 is 1.28 bits per heavy atom. The molecule has 0 spiro atoms. The summed E-state index contributed by atoms with van der Waals surface area (Å²) in [5, 5.41) is 0.725. The van der Waals surface area contributed by atoms with Crippen LogP contribution in [0.5, 0.6) is 0 Å². The van der Waals surface area contributed by atoms with E-state index in [1.165, 1.54) is 17.1 Å². The summed E-state index contributed by atoms with van der Waals surface area (Å²) in [6.07, 6.45) is 0. The first-order valence-corrected chi connectivity index (χ1v) is 6.50. The number of aryl methyl sites for hydroxylation is 3. The van der Waals surface area contributed by atoms with E-state index >= 15 is 0 Å². The Morgan fingerprint density at radius 2 is 2.06 bits per heavy atom. The third-order valence-corrected chi connectivity index (χ3v) is 3.92. The first-order valence-electron chi connectivity index (χ1n) is 5.73. The van der Waals surface area contributed by atoms with Gasteiger partial charge in [-0.15, -0.1) is 0 Å². The van der Waals surface area contributed by atoms with E-state index in [4.69, 9.17) is 5.73 Å². The predicted octanol–water partition coefficient (Wildman–Crippen LogP) is 2.90. The third kappa shape index (κ3) is 1.51. The zero-order valence-corrected chi connectivity index (χ0v) is 11.4. The molecule has 0 unspecified atom stereocenters. The zero-order chi connectivity index (χ0) is 12.9. The molecule has 2 heterocycles. The van der Waals surface area contributed by atoms with Gasteiger partial charge >= 0.3 is 0 Å². The minimum atomic E-state index is 0.725. The lowest BCUT2D eigenvalue weighted by Crippen LogP contribution is -1.95. The average Bonchev–Trinajstić information content (AvgIpc) is 2.80. The normalized spacial score (nSPS) is 11.3. The van der Waals surface area contributed by atoms with Crippen LogP contribution in [0.2, 0.25) is 0 Å². The van der Waals surface area contributed by atoms with Gasteiger partial charge < -0.3 is 10.3 Å². The number of nitrogens with two attached hydrogens (primary N) is 1. The molecule has 0 amide bonds. The molecule has 0 aliphatic heterocycles. The van der Waals surface area contributed by atoms with Crippen molar-refractivity contribution in [1.82, 2.24) is 13.9 Å². The van der Waals surface area contributed by atoms with E-state index in [2.05, 4.69) is 39.0 Å². The molecule has 0 bridgehead atoms. The van der Waals surface area contributed by atoms with Crippen LogP contribution in [-0.2, 0) is 7.05 Å². The predicted molar refractivity (Wildman–Crippen MR) is 75.7 cm³/mol. The van der Waals surface area contributed by atoms with Crippen LogP contribution in [0.4, 0.5) is 5.00 Å². The van der Waals surface area contributed by atoms with E-state index in [0.717, 1.165) is 33.1 Å². The highest BCUT2D eigenvalue weighted by Gasteiger charge is 2.17. The molecule has 3 rings (SSSR count). The van der Waals surface area contributed by atoms with Crippen LogP contribution in [0.25, 0.3) is 22.4 Å². The second-order valence-electron chi connectivity index (χ2n) is 4.49. The van der Waals surface area contributed by atoms with Crippen molar-refractivity contribution in [2.45, 2.75) is 13.8 Å². The quantitative estimate of drug-likeness (QED) is 0.730. The number of nitrogen functional groups attached to an aromatic ring is 1. The number of anilines is 1. The van der Waals surface area contributed by atoms with Crippen molar-refractivity contribution >= 4 is 27.6 Å². The maximum absolute atomic E-state index is 6.00. The van der Waals surface area contributed by atoms with Crippen LogP contribution in [-0.4, -0.2) is 13.9 Å². The molecule has 18 heavy (non-hydrogen) atoms. The van der Waals surface area contributed by atoms with Gasteiger partial charge in [-0.1, -0.05) is 6.07 Å². The Morgan fingerprint density at radius 3 is 2.72 bits per heavy atom. The lowest BCUT2D eigenvalue weighted by Gasteiger charge is -2.02. The minimum absolute atomic E-state index is 0.725. The van der Waals surface area contributed by atoms with Gasteiger partial charge in [-0.05, 0) is 43.1 Å². The lowest BCUT2D eigenvalue weighted by atomic mass is 10.2. The number of benzene rings is 1. The fourth-order valence-corrected chi connectivity index (χ4v) is 2.85. The second-order valence-corrected chi connectivity index (χ2v) is 5.30. The summed E-state index contributed by atoms with van der Waals surface area (Å²) < 4.78 is 6.36. The standard InChI is InChI=1S/C13H14N4S/c1-7-4-5-10-9(6-7)15-13(17(10)3)11-8(2)16-18-12(11)14/h4-6H,14H2,1-3H3. The van der Waals surface area contributed by atoms with Crippen molar-refractivity contribution in [2.24, 2.45) is 7.05 Å². The number of rotatable bonds is 1. The molecule has 0 atom stereocenters. The first kappa shape index (κ1) is 11.2. The summed E-state index contributed by atoms with van der Waals surface area (Å²) >= 11 is 1.32. The van der Waals surface area contributed by atoms with Gasteiger partial charge in [0.2, 0.25) is 0 Å². The fraction of sp³-hybridized carbons (Fsp3) is 0.231. The highest BCUT2D eigenvalue weighted by Crippen LogP contribution is 2.33. The Balaban J connectivity index is 2.34. The monoisotopic (exact) mass is 258 g/mol. The molecule has 0 aliphatic carbocycles. The molecule has 0 aliphatic rings. The summed E-state index contributed by atoms with van der Waals surface area (Å²) in [6, 6.07) is 6.27. The number of hydrogen-bond donors (Lipinski definition) is 1. The summed E-state index contributed by atoms with van der Waals surface area (Å²) in [5.74, 6) is 0.888. The van der Waals surface area contributed by atoms with Gasteiger partial charge in [0.05, 0.1) is 22.3 Å². The minimum Gasteiger partial charge on any atom is -0.389 e. The molecule has 5 heteroatoms. The SMILES string of the molecule is Cc1ccc2c(c1)nc(-c1c(C)nsc1N)n2C. The zero-order valence-electron chi connectivity index (χ0n) is 10.6. The van der Waals surface area contributed by atoms with E-state index in [1.807, 2.05) is 14.0 Å². The summed E-state index contributed by atoms with van der Waals surface area (Å²) in [4.78, 5) is 4.69. The van der Waals surface area contributed by atoms with E-state index < -0.39 is 0 Å². The van der Waals surface area contributed by atoms with E-state index in [0.29, 0.717) is 0 Å². The molecule has 0 fully saturated rings. The van der Waals surface area contributed by atoms with Crippen molar-refractivity contribution in [3.8, 4) is 11.4 Å². The summed E-state index contributed by atoms with van der Waals surface area (Å²) in [7, 11) is 2.01. The molecule has 0 saturated carbocycles. The topological polar surface area (TPSA) is 56.7 Å². The van der Waals surface area contributed by atoms with E-state index in [1.54, 1.807) is 0 Å². The Hall–Kier alpha value is -1.88. The second kappa shape index (κ2) is 3.81. The Bertz CT molecular complexity index is 719. The van der Waals surface area contributed by atoms with Gasteiger partial charge in [0.15, 0.2) is 0 Å². The maximum atomic E-state index is 6.00.